The van der Waals surface area contributed by atoms with Crippen molar-refractivity contribution in [3.05, 3.63) is 263 Å². The highest BCUT2D eigenvalue weighted by atomic mass is 15.1. The van der Waals surface area contributed by atoms with E-state index in [1.54, 1.807) is 0 Å². The maximum absolute atomic E-state index is 2.46. The zero-order valence-electron chi connectivity index (χ0n) is 38.2. The van der Waals surface area contributed by atoms with Gasteiger partial charge >= 0.3 is 0 Å². The van der Waals surface area contributed by atoms with Crippen LogP contribution in [0.15, 0.2) is 218 Å². The minimum atomic E-state index is -0.581. The number of nitrogens with zero attached hydrogens (tertiary/aromatic N) is 2. The summed E-state index contributed by atoms with van der Waals surface area (Å²) in [6.07, 6.45) is 0. The van der Waals surface area contributed by atoms with Gasteiger partial charge in [0, 0.05) is 34.1 Å². The molecule has 0 saturated carbocycles. The highest BCUT2D eigenvalue weighted by Gasteiger charge is 2.53. The van der Waals surface area contributed by atoms with Gasteiger partial charge in [0.25, 0.3) is 0 Å². The van der Waals surface area contributed by atoms with Gasteiger partial charge in [0.1, 0.15) is 0 Å². The molecule has 0 fully saturated rings. The van der Waals surface area contributed by atoms with Crippen molar-refractivity contribution in [3.8, 4) is 22.3 Å². The zero-order chi connectivity index (χ0) is 45.0. The summed E-state index contributed by atoms with van der Waals surface area (Å²) in [5.41, 5.74) is 21.9. The van der Waals surface area contributed by atoms with Gasteiger partial charge in [-0.2, -0.15) is 0 Å². The van der Waals surface area contributed by atoms with Crippen LogP contribution in [0, 0.1) is 27.7 Å². The highest BCUT2D eigenvalue weighted by molar-refractivity contribution is 6.22. The Morgan fingerprint density at radius 1 is 0.284 bits per heavy atom. The molecule has 2 aliphatic carbocycles. The van der Waals surface area contributed by atoms with Gasteiger partial charge in [-0.15, -0.1) is 0 Å². The molecule has 0 radical (unpaired) electrons. The Kier molecular flexibility index (Phi) is 8.73. The molecule has 13 rings (SSSR count). The number of rotatable bonds is 6. The summed E-state index contributed by atoms with van der Waals surface area (Å²) >= 11 is 0. The first kappa shape index (κ1) is 39.2. The lowest BCUT2D eigenvalue weighted by molar-refractivity contribution is 0.809. The Balaban J connectivity index is 1.12. The van der Waals surface area contributed by atoms with Gasteiger partial charge in [0.15, 0.2) is 0 Å². The Morgan fingerprint density at radius 2 is 0.761 bits per heavy atom. The minimum absolute atomic E-state index is 0.581. The molecule has 2 aliphatic rings. The summed E-state index contributed by atoms with van der Waals surface area (Å²) in [6, 6.07) is 82.1. The average molecular weight is 857 g/mol. The molecular formula is C65H48N2. The van der Waals surface area contributed by atoms with E-state index in [4.69, 9.17) is 0 Å². The molecule has 2 nitrogen and oxygen atoms in total. The Bertz CT molecular complexity index is 3720. The minimum Gasteiger partial charge on any atom is -0.310 e. The van der Waals surface area contributed by atoms with Gasteiger partial charge in [0.05, 0.1) is 5.41 Å². The van der Waals surface area contributed by atoms with Crippen molar-refractivity contribution in [3.63, 3.8) is 0 Å². The van der Waals surface area contributed by atoms with Crippen molar-refractivity contribution in [2.24, 2.45) is 0 Å². The van der Waals surface area contributed by atoms with E-state index in [1.807, 2.05) is 0 Å². The SMILES string of the molecule is Cc1cc(C)cc(N(c2ccccc2)c2ccc3c4c(ccc3c2)-c2c(c3ccc(N(c5ccccc5)c5cc(C)cc(C)c5)cc3c3ccccc23)C42c3ccccc3-c3ccccc32)c1. The fourth-order valence-corrected chi connectivity index (χ4v) is 12.2. The summed E-state index contributed by atoms with van der Waals surface area (Å²) in [7, 11) is 0. The summed E-state index contributed by atoms with van der Waals surface area (Å²) in [6.45, 7) is 8.77. The second-order valence-electron chi connectivity index (χ2n) is 18.8. The van der Waals surface area contributed by atoms with Crippen LogP contribution in [-0.4, -0.2) is 0 Å². The predicted octanol–water partition coefficient (Wildman–Crippen LogP) is 17.7. The average Bonchev–Trinajstić information content (AvgIpc) is 3.82. The van der Waals surface area contributed by atoms with E-state index in [9.17, 15) is 0 Å². The topological polar surface area (TPSA) is 6.48 Å². The van der Waals surface area contributed by atoms with Crippen molar-refractivity contribution >= 4 is 66.4 Å². The van der Waals surface area contributed by atoms with Gasteiger partial charge in [-0.05, 0) is 200 Å². The number of hydrogen-bond donors (Lipinski definition) is 0. The van der Waals surface area contributed by atoms with E-state index in [0.717, 1.165) is 34.1 Å². The van der Waals surface area contributed by atoms with Crippen LogP contribution in [0.2, 0.25) is 0 Å². The number of benzene rings is 11. The van der Waals surface area contributed by atoms with E-state index in [-0.39, 0.29) is 0 Å². The predicted molar refractivity (Wildman–Crippen MR) is 284 cm³/mol. The van der Waals surface area contributed by atoms with Crippen LogP contribution in [0.5, 0.6) is 0 Å². The Hall–Kier alpha value is -8.20. The summed E-state index contributed by atoms with van der Waals surface area (Å²) in [4.78, 5) is 4.83. The molecular weight excluding hydrogens is 809 g/mol. The molecule has 1 spiro atoms. The molecule has 0 amide bonds. The standard InChI is InChI=1S/C65H48N2/c1-41-33-42(2)36-50(35-41)66(46-17-7-5-8-18-46)48-28-31-52-45(39-48)27-30-58-62-56-24-12-11-21-53(56)59-40-49(67(47-19-9-6-10-20-47)51-37-43(3)34-44(4)38-51)29-32-57(59)64(62)65(63(52)58)60-25-15-13-22-54(60)55-23-14-16-26-61(55)65/h5-40H,1-4H3. The molecule has 0 heterocycles. The van der Waals surface area contributed by atoms with E-state index >= 15 is 0 Å². The molecule has 0 aliphatic heterocycles. The van der Waals surface area contributed by atoms with E-state index in [1.165, 1.54) is 99.1 Å². The first-order chi connectivity index (χ1) is 32.9. The van der Waals surface area contributed by atoms with Crippen molar-refractivity contribution in [2.45, 2.75) is 33.1 Å². The normalized spacial score (nSPS) is 12.9. The van der Waals surface area contributed by atoms with E-state index in [2.05, 4.69) is 256 Å². The summed E-state index contributed by atoms with van der Waals surface area (Å²) in [5.74, 6) is 0. The van der Waals surface area contributed by atoms with Gasteiger partial charge in [0.2, 0.25) is 0 Å². The van der Waals surface area contributed by atoms with E-state index in [0.29, 0.717) is 0 Å². The molecule has 0 N–H and O–H groups in total. The molecule has 11 aromatic carbocycles. The second kappa shape index (κ2) is 14.9. The summed E-state index contributed by atoms with van der Waals surface area (Å²) < 4.78 is 0. The van der Waals surface area contributed by atoms with Crippen molar-refractivity contribution in [2.75, 3.05) is 9.80 Å². The van der Waals surface area contributed by atoms with Crippen molar-refractivity contribution < 1.29 is 0 Å². The molecule has 0 unspecified atom stereocenters. The zero-order valence-corrected chi connectivity index (χ0v) is 38.2. The molecule has 0 bridgehead atoms. The smallest absolute Gasteiger partial charge is 0.0737 e. The molecule has 0 atom stereocenters. The first-order valence-corrected chi connectivity index (χ1v) is 23.5. The molecule has 318 valence electrons. The van der Waals surface area contributed by atoms with Gasteiger partial charge in [-0.1, -0.05) is 146 Å². The molecule has 0 aromatic heterocycles. The fourth-order valence-electron chi connectivity index (χ4n) is 12.2. The highest BCUT2D eigenvalue weighted by Crippen LogP contribution is 2.67. The van der Waals surface area contributed by atoms with Crippen LogP contribution in [-0.2, 0) is 5.41 Å². The van der Waals surface area contributed by atoms with Gasteiger partial charge < -0.3 is 9.80 Å². The van der Waals surface area contributed by atoms with E-state index < -0.39 is 5.41 Å². The number of anilines is 6. The van der Waals surface area contributed by atoms with Gasteiger partial charge in [-0.3, -0.25) is 0 Å². The molecule has 11 aromatic rings. The lowest BCUT2D eigenvalue weighted by Crippen LogP contribution is -2.26. The third kappa shape index (κ3) is 5.82. The maximum Gasteiger partial charge on any atom is 0.0737 e. The maximum atomic E-state index is 2.46. The lowest BCUT2D eigenvalue weighted by Gasteiger charge is -2.33. The van der Waals surface area contributed by atoms with Crippen LogP contribution in [0.3, 0.4) is 0 Å². The lowest BCUT2D eigenvalue weighted by atomic mass is 9.68. The first-order valence-electron chi connectivity index (χ1n) is 23.5. The Labute approximate surface area is 392 Å². The van der Waals surface area contributed by atoms with Crippen LogP contribution < -0.4 is 9.80 Å². The van der Waals surface area contributed by atoms with Crippen LogP contribution in [0.4, 0.5) is 34.1 Å². The van der Waals surface area contributed by atoms with Gasteiger partial charge in [-0.25, -0.2) is 0 Å². The third-order valence-corrected chi connectivity index (χ3v) is 14.5. The van der Waals surface area contributed by atoms with Crippen LogP contribution >= 0.6 is 0 Å². The van der Waals surface area contributed by atoms with Crippen LogP contribution in [0.1, 0.15) is 44.5 Å². The molecule has 67 heavy (non-hydrogen) atoms. The van der Waals surface area contributed by atoms with Crippen LogP contribution in [0.25, 0.3) is 54.6 Å². The van der Waals surface area contributed by atoms with Crippen molar-refractivity contribution in [1.82, 2.24) is 0 Å². The molecule has 0 saturated heterocycles. The monoisotopic (exact) mass is 856 g/mol. The van der Waals surface area contributed by atoms with Crippen molar-refractivity contribution in [1.29, 1.82) is 0 Å². The summed E-state index contributed by atoms with van der Waals surface area (Å²) in [5, 5.41) is 7.57. The largest absolute Gasteiger partial charge is 0.310 e. The number of fused-ring (bicyclic) bond motifs is 17. The Morgan fingerprint density at radius 3 is 1.33 bits per heavy atom. The second-order valence-corrected chi connectivity index (χ2v) is 18.8. The third-order valence-electron chi connectivity index (χ3n) is 14.5. The molecule has 2 heteroatoms. The number of hydrogen-bond acceptors (Lipinski definition) is 2. The number of aryl methyl sites for hydroxylation is 4. The number of para-hydroxylation sites is 2. The quantitative estimate of drug-likeness (QED) is 0.154. The fraction of sp³-hybridized carbons (Fsp3) is 0.0769.